The number of ether oxygens (including phenoxy) is 1. The zero-order chi connectivity index (χ0) is 44.0. The number of allylic oxidation sites excluding steroid dienone is 5. The normalized spacial score (nSPS) is 35.5. The first kappa shape index (κ1) is 45.3. The summed E-state index contributed by atoms with van der Waals surface area (Å²) in [5.41, 5.74) is 5.18. The predicted octanol–water partition coefficient (Wildman–Crippen LogP) is 12.4. The van der Waals surface area contributed by atoms with Crippen LogP contribution in [0.5, 0.6) is 0 Å². The maximum Gasteiger partial charge on any atom is 0.309 e. The molecule has 0 N–H and O–H groups in total. The highest BCUT2D eigenvalue weighted by atomic mass is 35.5. The Bertz CT molecular complexity index is 1970. The van der Waals surface area contributed by atoms with Gasteiger partial charge >= 0.3 is 5.97 Å². The van der Waals surface area contributed by atoms with E-state index in [1.165, 1.54) is 29.6 Å². The van der Waals surface area contributed by atoms with E-state index in [1.807, 2.05) is 45.0 Å². The van der Waals surface area contributed by atoms with E-state index in [0.29, 0.717) is 29.8 Å². The molecule has 3 fully saturated rings. The Labute approximate surface area is 368 Å². The van der Waals surface area contributed by atoms with Gasteiger partial charge in [-0.05, 0) is 191 Å². The van der Waals surface area contributed by atoms with Crippen molar-refractivity contribution in [1.29, 1.82) is 0 Å². The van der Waals surface area contributed by atoms with Gasteiger partial charge in [-0.3, -0.25) is 14.4 Å². The number of benzene rings is 1. The van der Waals surface area contributed by atoms with Gasteiger partial charge < -0.3 is 14.5 Å². The molecule has 0 bridgehead atoms. The van der Waals surface area contributed by atoms with Crippen molar-refractivity contribution >= 4 is 29.3 Å². The van der Waals surface area contributed by atoms with E-state index >= 15 is 4.79 Å². The number of ketones is 1. The fraction of sp³-hybridized carbons (Fsp3) is 0.717. The summed E-state index contributed by atoms with van der Waals surface area (Å²) in [5.74, 6) is 1.60. The molecule has 1 aromatic rings. The molecule has 0 radical (unpaired) electrons. The van der Waals surface area contributed by atoms with Crippen LogP contribution in [-0.4, -0.2) is 60.2 Å². The van der Waals surface area contributed by atoms with Gasteiger partial charge in [0.05, 0.1) is 17.4 Å². The fourth-order valence-electron chi connectivity index (χ4n) is 14.7. The topological polar surface area (TPSA) is 66.9 Å². The van der Waals surface area contributed by atoms with Crippen LogP contribution in [0.2, 0.25) is 5.02 Å². The van der Waals surface area contributed by atoms with Crippen LogP contribution in [-0.2, 0) is 19.1 Å². The zero-order valence-corrected chi connectivity index (χ0v) is 40.3. The summed E-state index contributed by atoms with van der Waals surface area (Å²) in [6.45, 7) is 26.6. The van der Waals surface area contributed by atoms with E-state index in [9.17, 15) is 9.59 Å². The van der Waals surface area contributed by atoms with Gasteiger partial charge in [0.15, 0.2) is 5.78 Å². The number of rotatable bonds is 9. The summed E-state index contributed by atoms with van der Waals surface area (Å²) >= 11 is 6.33. The number of Topliss-reactive ketones (excluding diaryl/α,β-unsaturated/α-hetero) is 1. The van der Waals surface area contributed by atoms with Crippen molar-refractivity contribution < 1.29 is 19.1 Å². The molecule has 0 aliphatic heterocycles. The highest BCUT2D eigenvalue weighted by Gasteiger charge is 2.70. The maximum absolute atomic E-state index is 15.7. The smallest absolute Gasteiger partial charge is 0.309 e. The Morgan fingerprint density at radius 3 is 2.15 bits per heavy atom. The minimum atomic E-state index is -0.793. The number of fused-ring (bicyclic) bond motifs is 7. The summed E-state index contributed by atoms with van der Waals surface area (Å²) in [6.07, 6.45) is 15.1. The molecule has 0 heterocycles. The highest BCUT2D eigenvalue weighted by Crippen LogP contribution is 2.77. The lowest BCUT2D eigenvalue weighted by Crippen LogP contribution is -2.65. The van der Waals surface area contributed by atoms with Gasteiger partial charge in [-0.2, -0.15) is 0 Å². The van der Waals surface area contributed by atoms with E-state index in [-0.39, 0.29) is 63.1 Å². The van der Waals surface area contributed by atoms with Crippen molar-refractivity contribution in [3.63, 3.8) is 0 Å². The first-order chi connectivity index (χ1) is 27.9. The molecule has 1 aromatic carbocycles. The second kappa shape index (κ2) is 15.8. The molecular weight excluding hydrogens is 764 g/mol. The summed E-state index contributed by atoms with van der Waals surface area (Å²) in [7, 11) is 4.13. The van der Waals surface area contributed by atoms with Gasteiger partial charge in [0, 0.05) is 24.5 Å². The molecule has 0 spiro atoms. The largest absolute Gasteiger partial charge is 0.460 e. The average molecular weight is 842 g/mol. The Kier molecular flexibility index (Phi) is 12.0. The minimum Gasteiger partial charge on any atom is -0.460 e. The monoisotopic (exact) mass is 841 g/mol. The molecule has 9 atom stereocenters. The van der Waals surface area contributed by atoms with Gasteiger partial charge in [-0.15, -0.1) is 0 Å². The summed E-state index contributed by atoms with van der Waals surface area (Å²) in [5, 5.41) is 0.687. The van der Waals surface area contributed by atoms with Crippen LogP contribution in [0.4, 0.5) is 0 Å². The lowest BCUT2D eigenvalue weighted by atomic mass is 9.33. The molecule has 0 saturated heterocycles. The Balaban J connectivity index is 1.21. The third-order valence-electron chi connectivity index (χ3n) is 17.8. The van der Waals surface area contributed by atoms with Gasteiger partial charge in [-0.1, -0.05) is 84.4 Å². The van der Waals surface area contributed by atoms with Crippen LogP contribution in [0.1, 0.15) is 158 Å². The molecule has 1 unspecified atom stereocenters. The van der Waals surface area contributed by atoms with Crippen molar-refractivity contribution in [1.82, 2.24) is 9.80 Å². The van der Waals surface area contributed by atoms with Gasteiger partial charge in [0.25, 0.3) is 0 Å². The number of likely N-dealkylation sites (N-methyl/N-ethyl adjacent to an activating group) is 1. The Morgan fingerprint density at radius 2 is 1.55 bits per heavy atom. The summed E-state index contributed by atoms with van der Waals surface area (Å²) < 4.78 is 5.78. The number of halogens is 1. The maximum atomic E-state index is 15.7. The first-order valence-electron chi connectivity index (χ1n) is 23.5. The van der Waals surface area contributed by atoms with E-state index < -0.39 is 11.0 Å². The zero-order valence-electron chi connectivity index (χ0n) is 39.5. The van der Waals surface area contributed by atoms with Crippen LogP contribution >= 0.6 is 11.6 Å². The van der Waals surface area contributed by atoms with Gasteiger partial charge in [0.1, 0.15) is 5.60 Å². The fourth-order valence-corrected chi connectivity index (χ4v) is 14.8. The van der Waals surface area contributed by atoms with Crippen LogP contribution in [0, 0.1) is 56.7 Å². The van der Waals surface area contributed by atoms with Gasteiger partial charge in [-0.25, -0.2) is 0 Å². The summed E-state index contributed by atoms with van der Waals surface area (Å²) in [4.78, 5) is 47.4. The van der Waals surface area contributed by atoms with Crippen molar-refractivity contribution in [3.05, 3.63) is 69.3 Å². The number of amides is 1. The molecule has 330 valence electrons. The van der Waals surface area contributed by atoms with Crippen molar-refractivity contribution in [2.45, 2.75) is 158 Å². The van der Waals surface area contributed by atoms with Gasteiger partial charge in [0.2, 0.25) is 5.91 Å². The number of carbonyl (C=O) groups excluding carboxylic acids is 3. The summed E-state index contributed by atoms with van der Waals surface area (Å²) in [6, 6.07) is 7.78. The minimum absolute atomic E-state index is 0.0207. The van der Waals surface area contributed by atoms with Crippen LogP contribution in [0.3, 0.4) is 0 Å². The lowest BCUT2D eigenvalue weighted by Gasteiger charge is -2.71. The number of hydrogen-bond acceptors (Lipinski definition) is 5. The number of carbonyl (C=O) groups is 3. The predicted molar refractivity (Wildman–Crippen MR) is 244 cm³/mol. The van der Waals surface area contributed by atoms with Crippen LogP contribution in [0.15, 0.2) is 58.7 Å². The molecule has 3 saturated carbocycles. The van der Waals surface area contributed by atoms with Crippen molar-refractivity contribution in [2.75, 3.05) is 27.2 Å². The van der Waals surface area contributed by atoms with Crippen LogP contribution < -0.4 is 0 Å². The first-order valence-corrected chi connectivity index (χ1v) is 23.9. The third kappa shape index (κ3) is 7.31. The number of esters is 1. The SMILES string of the molecule is CC(C)C1=C2[C@H]3CC[C@@H]4[C@@]5(C)CC=C(C6=CCC(C(=O)OC(C)(C)C)CC6)C(C)(C)[C@@H]5CC[C@@]4(C)[C@]3(C)CC[C@@]2(C(=O)N(CCN(C)C)[C@H](C)c2ccc(Cl)cc2)CC1=O. The quantitative estimate of drug-likeness (QED) is 0.232. The van der Waals surface area contributed by atoms with E-state index in [0.717, 1.165) is 69.0 Å². The molecule has 6 aliphatic rings. The molecular formula is C53H77ClN2O4. The van der Waals surface area contributed by atoms with Crippen molar-refractivity contribution in [3.8, 4) is 0 Å². The van der Waals surface area contributed by atoms with E-state index in [4.69, 9.17) is 16.3 Å². The van der Waals surface area contributed by atoms with E-state index in [1.54, 1.807) is 0 Å². The lowest BCUT2D eigenvalue weighted by molar-refractivity contribution is -0.200. The van der Waals surface area contributed by atoms with Crippen LogP contribution in [0.25, 0.3) is 0 Å². The Morgan fingerprint density at radius 1 is 0.867 bits per heavy atom. The molecule has 6 nitrogen and oxygen atoms in total. The van der Waals surface area contributed by atoms with E-state index in [2.05, 4.69) is 91.4 Å². The molecule has 1 amide bonds. The molecule has 7 rings (SSSR count). The molecule has 7 heteroatoms. The second-order valence-corrected chi connectivity index (χ2v) is 23.5. The standard InChI is InChI=1S/C53H77ClN2O4/c1-33(2)44-41(57)32-53(47(59)56(31-30-55(12)13)34(3)35-18-20-38(54)21-19-35)29-28-51(10)40(45(44)53)22-23-43-50(9)26-24-39(49(7,8)42(50)25-27-52(43,51)11)36-14-16-37(17-15-36)46(58)60-48(4,5)6/h14,18-21,24,33-34,37,40,42-43H,15-17,22-23,25-32H2,1-13H3/t34-,37?,40-,42+,43-,50+,51-,52-,53-/m1/s1. The third-order valence-corrected chi connectivity index (χ3v) is 18.0. The molecule has 0 aromatic heterocycles. The highest BCUT2D eigenvalue weighted by molar-refractivity contribution is 6.30. The average Bonchev–Trinajstić information content (AvgIpc) is 3.47. The number of hydrogen-bond donors (Lipinski definition) is 0. The second-order valence-electron chi connectivity index (χ2n) is 23.1. The molecule has 60 heavy (non-hydrogen) atoms. The van der Waals surface area contributed by atoms with Crippen molar-refractivity contribution in [2.24, 2.45) is 56.7 Å². The Hall–Kier alpha value is -2.70. The molecule has 6 aliphatic carbocycles. The number of nitrogens with zero attached hydrogens (tertiary/aromatic N) is 2.